The Hall–Kier alpha value is -1.36. The van der Waals surface area contributed by atoms with Crippen LogP contribution in [0.5, 0.6) is 0 Å². The summed E-state index contributed by atoms with van der Waals surface area (Å²) in [5.41, 5.74) is 2.12. The molecule has 1 atom stereocenters. The molecule has 2 heterocycles. The van der Waals surface area contributed by atoms with E-state index in [9.17, 15) is 9.90 Å². The molecule has 2 rings (SSSR count). The van der Waals surface area contributed by atoms with Crippen LogP contribution < -0.4 is 0 Å². The van der Waals surface area contributed by atoms with Crippen molar-refractivity contribution in [3.63, 3.8) is 0 Å². The highest BCUT2D eigenvalue weighted by Gasteiger charge is 2.27. The molecule has 1 aliphatic rings. The lowest BCUT2D eigenvalue weighted by atomic mass is 10.1. The first-order valence-corrected chi connectivity index (χ1v) is 7.12. The molecule has 1 aromatic heterocycles. The third kappa shape index (κ3) is 3.35. The number of aliphatic carboxylic acids is 1. The van der Waals surface area contributed by atoms with Crippen molar-refractivity contribution in [2.75, 3.05) is 6.54 Å². The van der Waals surface area contributed by atoms with Gasteiger partial charge in [0.25, 0.3) is 0 Å². The summed E-state index contributed by atoms with van der Waals surface area (Å²) in [7, 11) is 0. The summed E-state index contributed by atoms with van der Waals surface area (Å²) in [6.45, 7) is 6.42. The fraction of sp³-hybridized carbons (Fsp3) is 0.714. The minimum atomic E-state index is -0.693. The van der Waals surface area contributed by atoms with Crippen LogP contribution in [0.3, 0.4) is 0 Å². The van der Waals surface area contributed by atoms with Crippen molar-refractivity contribution < 1.29 is 9.90 Å². The Labute approximate surface area is 114 Å². The number of hydrogen-bond acceptors (Lipinski definition) is 3. The first-order chi connectivity index (χ1) is 9.11. The van der Waals surface area contributed by atoms with Crippen molar-refractivity contribution >= 4 is 5.97 Å². The molecule has 1 N–H and O–H groups in total. The Morgan fingerprint density at radius 1 is 1.47 bits per heavy atom. The molecule has 19 heavy (non-hydrogen) atoms. The SMILES string of the molecule is CCn1nc(C)cc1CN1CCCCCC1C(=O)O. The minimum absolute atomic E-state index is 0.344. The van der Waals surface area contributed by atoms with Crippen molar-refractivity contribution in [1.29, 1.82) is 0 Å². The van der Waals surface area contributed by atoms with Gasteiger partial charge in [-0.1, -0.05) is 12.8 Å². The van der Waals surface area contributed by atoms with Crippen LogP contribution in [0.25, 0.3) is 0 Å². The van der Waals surface area contributed by atoms with Gasteiger partial charge in [0.15, 0.2) is 0 Å². The molecule has 1 saturated heterocycles. The fourth-order valence-corrected chi connectivity index (χ4v) is 2.84. The number of nitrogens with zero attached hydrogens (tertiary/aromatic N) is 3. The molecular formula is C14H23N3O2. The number of aryl methyl sites for hydroxylation is 2. The van der Waals surface area contributed by atoms with E-state index >= 15 is 0 Å². The first kappa shape index (κ1) is 14.1. The van der Waals surface area contributed by atoms with Crippen molar-refractivity contribution in [3.8, 4) is 0 Å². The third-order valence-corrected chi connectivity index (χ3v) is 3.80. The molecule has 0 spiro atoms. The number of carboxylic acid groups (broad SMARTS) is 1. The van der Waals surface area contributed by atoms with E-state index in [1.165, 1.54) is 0 Å². The van der Waals surface area contributed by atoms with Crippen LogP contribution in [0.15, 0.2) is 6.07 Å². The third-order valence-electron chi connectivity index (χ3n) is 3.80. The van der Waals surface area contributed by atoms with E-state index in [1.54, 1.807) is 0 Å². The molecule has 0 saturated carbocycles. The lowest BCUT2D eigenvalue weighted by Gasteiger charge is -2.26. The van der Waals surface area contributed by atoms with Crippen LogP contribution in [0.4, 0.5) is 0 Å². The average molecular weight is 265 g/mol. The second kappa shape index (κ2) is 6.19. The van der Waals surface area contributed by atoms with E-state index in [2.05, 4.69) is 23.0 Å². The highest BCUT2D eigenvalue weighted by atomic mass is 16.4. The average Bonchev–Trinajstić information content (AvgIpc) is 2.58. The summed E-state index contributed by atoms with van der Waals surface area (Å²) >= 11 is 0. The van der Waals surface area contributed by atoms with Gasteiger partial charge in [-0.05, 0) is 39.3 Å². The molecule has 1 unspecified atom stereocenters. The highest BCUT2D eigenvalue weighted by Crippen LogP contribution is 2.20. The number of likely N-dealkylation sites (tertiary alicyclic amines) is 1. The first-order valence-electron chi connectivity index (χ1n) is 7.12. The van der Waals surface area contributed by atoms with Gasteiger partial charge in [0, 0.05) is 13.1 Å². The summed E-state index contributed by atoms with van der Waals surface area (Å²) < 4.78 is 1.97. The highest BCUT2D eigenvalue weighted by molar-refractivity contribution is 5.73. The molecule has 0 aliphatic carbocycles. The van der Waals surface area contributed by atoms with Gasteiger partial charge in [0.1, 0.15) is 6.04 Å². The second-order valence-corrected chi connectivity index (χ2v) is 5.27. The van der Waals surface area contributed by atoms with Gasteiger partial charge >= 0.3 is 5.97 Å². The zero-order valence-corrected chi connectivity index (χ0v) is 11.8. The summed E-state index contributed by atoms with van der Waals surface area (Å²) in [5.74, 6) is -0.693. The van der Waals surface area contributed by atoms with Gasteiger partial charge in [-0.2, -0.15) is 5.10 Å². The minimum Gasteiger partial charge on any atom is -0.480 e. The van der Waals surface area contributed by atoms with Gasteiger partial charge in [0.05, 0.1) is 11.4 Å². The monoisotopic (exact) mass is 265 g/mol. The molecule has 1 aliphatic heterocycles. The Morgan fingerprint density at radius 3 is 2.95 bits per heavy atom. The predicted molar refractivity (Wildman–Crippen MR) is 72.9 cm³/mol. The molecule has 1 fully saturated rings. The normalized spacial score (nSPS) is 21.3. The van der Waals surface area contributed by atoms with E-state index in [1.807, 2.05) is 11.6 Å². The molecule has 5 nitrogen and oxygen atoms in total. The quantitative estimate of drug-likeness (QED) is 0.905. The van der Waals surface area contributed by atoms with Crippen LogP contribution in [-0.2, 0) is 17.9 Å². The molecule has 0 aromatic carbocycles. The van der Waals surface area contributed by atoms with Crippen molar-refractivity contribution in [2.45, 2.75) is 58.7 Å². The maximum atomic E-state index is 11.4. The van der Waals surface area contributed by atoms with E-state index < -0.39 is 5.97 Å². The Bertz CT molecular complexity index is 442. The number of carbonyl (C=O) groups is 1. The van der Waals surface area contributed by atoms with Crippen molar-refractivity contribution in [1.82, 2.24) is 14.7 Å². The maximum Gasteiger partial charge on any atom is 0.320 e. The van der Waals surface area contributed by atoms with E-state index in [0.29, 0.717) is 6.54 Å². The fourth-order valence-electron chi connectivity index (χ4n) is 2.84. The smallest absolute Gasteiger partial charge is 0.320 e. The Balaban J connectivity index is 2.15. The van der Waals surface area contributed by atoms with Crippen LogP contribution >= 0.6 is 0 Å². The number of rotatable bonds is 4. The predicted octanol–water partition coefficient (Wildman–Crippen LogP) is 2.04. The standard InChI is InChI=1S/C14H23N3O2/c1-3-17-12(9-11(2)15-17)10-16-8-6-4-5-7-13(16)14(18)19/h9,13H,3-8,10H2,1-2H3,(H,18,19). The molecule has 106 valence electrons. The van der Waals surface area contributed by atoms with E-state index in [-0.39, 0.29) is 6.04 Å². The lowest BCUT2D eigenvalue weighted by molar-refractivity contribution is -0.143. The van der Waals surface area contributed by atoms with Gasteiger partial charge in [-0.25, -0.2) is 0 Å². The maximum absolute atomic E-state index is 11.4. The number of hydrogen-bond donors (Lipinski definition) is 1. The molecule has 5 heteroatoms. The van der Waals surface area contributed by atoms with Crippen molar-refractivity contribution in [2.24, 2.45) is 0 Å². The second-order valence-electron chi connectivity index (χ2n) is 5.27. The summed E-state index contributed by atoms with van der Waals surface area (Å²) in [6, 6.07) is 1.72. The molecule has 1 aromatic rings. The van der Waals surface area contributed by atoms with Crippen molar-refractivity contribution in [3.05, 3.63) is 17.5 Å². The zero-order chi connectivity index (χ0) is 13.8. The topological polar surface area (TPSA) is 58.4 Å². The zero-order valence-electron chi connectivity index (χ0n) is 11.8. The van der Waals surface area contributed by atoms with E-state index in [0.717, 1.165) is 50.2 Å². The molecule has 0 radical (unpaired) electrons. The van der Waals surface area contributed by atoms with Crippen LogP contribution in [0, 0.1) is 6.92 Å². The molecular weight excluding hydrogens is 242 g/mol. The lowest BCUT2D eigenvalue weighted by Crippen LogP contribution is -2.40. The van der Waals surface area contributed by atoms with Gasteiger partial charge in [-0.3, -0.25) is 14.4 Å². The Kier molecular flexibility index (Phi) is 4.58. The van der Waals surface area contributed by atoms with Crippen LogP contribution in [-0.4, -0.2) is 38.3 Å². The van der Waals surface area contributed by atoms with Gasteiger partial charge in [0.2, 0.25) is 0 Å². The van der Waals surface area contributed by atoms with Gasteiger partial charge < -0.3 is 5.11 Å². The Morgan fingerprint density at radius 2 is 2.26 bits per heavy atom. The largest absolute Gasteiger partial charge is 0.480 e. The van der Waals surface area contributed by atoms with Gasteiger partial charge in [-0.15, -0.1) is 0 Å². The molecule has 0 bridgehead atoms. The summed E-state index contributed by atoms with van der Waals surface area (Å²) in [4.78, 5) is 13.5. The summed E-state index contributed by atoms with van der Waals surface area (Å²) in [6.07, 6.45) is 3.99. The van der Waals surface area contributed by atoms with E-state index in [4.69, 9.17) is 0 Å². The van der Waals surface area contributed by atoms with Crippen LogP contribution in [0.1, 0.15) is 44.0 Å². The number of carboxylic acids is 1. The summed E-state index contributed by atoms with van der Waals surface area (Å²) in [5, 5.41) is 13.8. The van der Waals surface area contributed by atoms with Crippen LogP contribution in [0.2, 0.25) is 0 Å². The number of aromatic nitrogens is 2. The molecule has 0 amide bonds.